The molecule has 0 amide bonds. The smallest absolute Gasteiger partial charge is 0.372 e. The summed E-state index contributed by atoms with van der Waals surface area (Å²) in [4.78, 5) is 10.8. The van der Waals surface area contributed by atoms with Crippen molar-refractivity contribution < 1.29 is 23.1 Å². The van der Waals surface area contributed by atoms with E-state index in [2.05, 4.69) is 5.32 Å². The van der Waals surface area contributed by atoms with Gasteiger partial charge in [0.05, 0.1) is 17.3 Å². The van der Waals surface area contributed by atoms with Crippen molar-refractivity contribution in [2.24, 2.45) is 0 Å². The maximum absolute atomic E-state index is 13.5. The predicted molar refractivity (Wildman–Crippen MR) is 69.1 cm³/mol. The molecule has 0 spiro atoms. The van der Waals surface area contributed by atoms with Gasteiger partial charge in [0, 0.05) is 11.6 Å². The van der Waals surface area contributed by atoms with Crippen molar-refractivity contribution in [2.75, 3.05) is 5.32 Å². The normalized spacial score (nSPS) is 10.6. The first kappa shape index (κ1) is 14.3. The molecule has 1 aromatic heterocycles. The Morgan fingerprint density at radius 2 is 2.10 bits per heavy atom. The number of aryl methyl sites for hydroxylation is 1. The molecule has 1 aromatic carbocycles. The lowest BCUT2D eigenvalue weighted by molar-refractivity contribution is 0.0659. The highest BCUT2D eigenvalue weighted by Crippen LogP contribution is 2.27. The fourth-order valence-electron chi connectivity index (χ4n) is 1.73. The minimum Gasteiger partial charge on any atom is -0.475 e. The Bertz CT molecular complexity index is 647. The summed E-state index contributed by atoms with van der Waals surface area (Å²) in [5, 5.41) is 11.4. The van der Waals surface area contributed by atoms with E-state index in [-0.39, 0.29) is 23.0 Å². The van der Waals surface area contributed by atoms with Crippen molar-refractivity contribution in [1.82, 2.24) is 0 Å². The zero-order chi connectivity index (χ0) is 14.9. The molecule has 4 nitrogen and oxygen atoms in total. The van der Waals surface area contributed by atoms with Gasteiger partial charge in [-0.1, -0.05) is 11.6 Å². The molecule has 0 atom stereocenters. The van der Waals surface area contributed by atoms with Gasteiger partial charge in [0.25, 0.3) is 0 Å². The van der Waals surface area contributed by atoms with Crippen LogP contribution in [-0.2, 0) is 6.54 Å². The molecule has 2 N–H and O–H groups in total. The Morgan fingerprint density at radius 1 is 1.40 bits per heavy atom. The number of hydrogen-bond donors (Lipinski definition) is 2. The van der Waals surface area contributed by atoms with Crippen LogP contribution in [0.1, 0.15) is 21.9 Å². The maximum atomic E-state index is 13.5. The number of furan rings is 1. The molecule has 0 aliphatic carbocycles. The van der Waals surface area contributed by atoms with Crippen molar-refractivity contribution in [3.05, 3.63) is 51.9 Å². The van der Waals surface area contributed by atoms with Gasteiger partial charge in [0.1, 0.15) is 11.6 Å². The van der Waals surface area contributed by atoms with Gasteiger partial charge in [-0.2, -0.15) is 0 Å². The first-order valence-corrected chi connectivity index (χ1v) is 5.97. The minimum atomic E-state index is -1.18. The lowest BCUT2D eigenvalue weighted by Crippen LogP contribution is -2.02. The van der Waals surface area contributed by atoms with E-state index in [1.807, 2.05) is 0 Å². The number of nitrogens with one attached hydrogen (secondary N) is 1. The fourth-order valence-corrected chi connectivity index (χ4v) is 2.00. The average molecular weight is 302 g/mol. The van der Waals surface area contributed by atoms with E-state index >= 15 is 0 Å². The van der Waals surface area contributed by atoms with E-state index in [1.54, 1.807) is 6.92 Å². The molecule has 7 heteroatoms. The summed E-state index contributed by atoms with van der Waals surface area (Å²) < 4.78 is 31.5. The van der Waals surface area contributed by atoms with E-state index in [1.165, 1.54) is 6.07 Å². The summed E-state index contributed by atoms with van der Waals surface area (Å²) in [6.45, 7) is 1.61. The second-order valence-electron chi connectivity index (χ2n) is 4.13. The molecule has 0 fully saturated rings. The number of anilines is 1. The van der Waals surface area contributed by atoms with Gasteiger partial charge in [-0.25, -0.2) is 13.6 Å². The molecule has 0 aliphatic heterocycles. The first-order chi connectivity index (χ1) is 9.38. The molecule has 20 heavy (non-hydrogen) atoms. The lowest BCUT2D eigenvalue weighted by atomic mass is 10.2. The second kappa shape index (κ2) is 5.50. The number of hydrogen-bond acceptors (Lipinski definition) is 3. The number of halogens is 3. The molecule has 0 aliphatic rings. The van der Waals surface area contributed by atoms with Crippen LogP contribution < -0.4 is 5.32 Å². The van der Waals surface area contributed by atoms with Crippen LogP contribution in [-0.4, -0.2) is 11.1 Å². The predicted octanol–water partition coefficient (Wildman–Crippen LogP) is 3.83. The Kier molecular flexibility index (Phi) is 3.94. The minimum absolute atomic E-state index is 0.0242. The monoisotopic (exact) mass is 301 g/mol. The molecule has 0 unspecified atom stereocenters. The van der Waals surface area contributed by atoms with Crippen molar-refractivity contribution in [2.45, 2.75) is 13.5 Å². The quantitative estimate of drug-likeness (QED) is 0.901. The summed E-state index contributed by atoms with van der Waals surface area (Å²) >= 11 is 5.72. The second-order valence-corrected chi connectivity index (χ2v) is 4.54. The molecule has 0 saturated heterocycles. The van der Waals surface area contributed by atoms with E-state index in [0.717, 1.165) is 6.07 Å². The average Bonchev–Trinajstić information content (AvgIpc) is 2.69. The standard InChI is InChI=1S/C13H10ClF2NO3/c1-6-2-8(20-12(6)13(18)19)5-17-11-9(14)3-7(15)4-10(11)16/h2-4,17H,5H2,1H3,(H,18,19). The number of aromatic carboxylic acids is 1. The number of carbonyl (C=O) groups is 1. The van der Waals surface area contributed by atoms with Crippen LogP contribution in [0.4, 0.5) is 14.5 Å². The van der Waals surface area contributed by atoms with Gasteiger partial charge >= 0.3 is 5.97 Å². The Balaban J connectivity index is 2.17. The van der Waals surface area contributed by atoms with Gasteiger partial charge in [-0.05, 0) is 19.1 Å². The maximum Gasteiger partial charge on any atom is 0.372 e. The van der Waals surface area contributed by atoms with Crippen LogP contribution in [0.3, 0.4) is 0 Å². The largest absolute Gasteiger partial charge is 0.475 e. The van der Waals surface area contributed by atoms with E-state index in [9.17, 15) is 13.6 Å². The van der Waals surface area contributed by atoms with Gasteiger partial charge in [0.15, 0.2) is 5.82 Å². The van der Waals surface area contributed by atoms with Crippen molar-refractivity contribution in [1.29, 1.82) is 0 Å². The summed E-state index contributed by atoms with van der Waals surface area (Å²) in [5.74, 6) is -2.66. The summed E-state index contributed by atoms with van der Waals surface area (Å²) in [7, 11) is 0. The van der Waals surface area contributed by atoms with Gasteiger partial charge in [-0.15, -0.1) is 0 Å². The zero-order valence-corrected chi connectivity index (χ0v) is 11.1. The molecular formula is C13H10ClF2NO3. The molecular weight excluding hydrogens is 292 g/mol. The van der Waals surface area contributed by atoms with Crippen LogP contribution in [0, 0.1) is 18.6 Å². The van der Waals surface area contributed by atoms with Crippen LogP contribution in [0.15, 0.2) is 22.6 Å². The van der Waals surface area contributed by atoms with Crippen molar-refractivity contribution >= 4 is 23.3 Å². The third-order valence-electron chi connectivity index (χ3n) is 2.61. The third-order valence-corrected chi connectivity index (χ3v) is 2.91. The van der Waals surface area contributed by atoms with Gasteiger partial charge in [-0.3, -0.25) is 0 Å². The molecule has 0 saturated carbocycles. The Labute approximate surface area is 118 Å². The highest BCUT2D eigenvalue weighted by atomic mass is 35.5. The van der Waals surface area contributed by atoms with E-state index in [0.29, 0.717) is 17.4 Å². The van der Waals surface area contributed by atoms with Crippen LogP contribution >= 0.6 is 11.6 Å². The highest BCUT2D eigenvalue weighted by molar-refractivity contribution is 6.33. The van der Waals surface area contributed by atoms with Gasteiger partial charge in [0.2, 0.25) is 5.76 Å². The summed E-state index contributed by atoms with van der Waals surface area (Å²) in [6.07, 6.45) is 0. The van der Waals surface area contributed by atoms with Crippen molar-refractivity contribution in [3.63, 3.8) is 0 Å². The summed E-state index contributed by atoms with van der Waals surface area (Å²) in [5.41, 5.74) is 0.388. The Hall–Kier alpha value is -2.08. The Morgan fingerprint density at radius 3 is 2.65 bits per heavy atom. The SMILES string of the molecule is Cc1cc(CNc2c(F)cc(F)cc2Cl)oc1C(=O)O. The topological polar surface area (TPSA) is 62.5 Å². The highest BCUT2D eigenvalue weighted by Gasteiger charge is 2.15. The first-order valence-electron chi connectivity index (χ1n) is 5.59. The van der Waals surface area contributed by atoms with Crippen LogP contribution in [0.5, 0.6) is 0 Å². The summed E-state index contributed by atoms with van der Waals surface area (Å²) in [6, 6.07) is 3.19. The van der Waals surface area contributed by atoms with Crippen LogP contribution in [0.2, 0.25) is 5.02 Å². The fraction of sp³-hybridized carbons (Fsp3) is 0.154. The lowest BCUT2D eigenvalue weighted by Gasteiger charge is -2.08. The molecule has 2 rings (SSSR count). The number of carboxylic acids is 1. The third kappa shape index (κ3) is 2.91. The molecule has 1 heterocycles. The molecule has 106 valence electrons. The number of rotatable bonds is 4. The molecule has 0 bridgehead atoms. The zero-order valence-electron chi connectivity index (χ0n) is 10.3. The number of carboxylic acid groups (broad SMARTS) is 1. The van der Waals surface area contributed by atoms with E-state index < -0.39 is 17.6 Å². The molecule has 0 radical (unpaired) electrons. The van der Waals surface area contributed by atoms with E-state index in [4.69, 9.17) is 21.1 Å². The number of benzene rings is 1. The van der Waals surface area contributed by atoms with Gasteiger partial charge < -0.3 is 14.8 Å². The van der Waals surface area contributed by atoms with Crippen molar-refractivity contribution in [3.8, 4) is 0 Å². The van der Waals surface area contributed by atoms with Crippen LogP contribution in [0.25, 0.3) is 0 Å². The molecule has 2 aromatic rings.